The zero-order chi connectivity index (χ0) is 15.4. The van der Waals surface area contributed by atoms with Crippen molar-refractivity contribution in [2.45, 2.75) is 6.10 Å². The van der Waals surface area contributed by atoms with Gasteiger partial charge in [0.05, 0.1) is 16.8 Å². The van der Waals surface area contributed by atoms with Crippen molar-refractivity contribution in [1.82, 2.24) is 0 Å². The maximum atomic E-state index is 13.5. The summed E-state index contributed by atoms with van der Waals surface area (Å²) in [4.78, 5) is 0. The van der Waals surface area contributed by atoms with Crippen molar-refractivity contribution in [3.8, 4) is 6.07 Å². The van der Waals surface area contributed by atoms with Gasteiger partial charge in [-0.2, -0.15) is 5.26 Å². The fourth-order valence-corrected chi connectivity index (χ4v) is 2.26. The van der Waals surface area contributed by atoms with Gasteiger partial charge in [-0.05, 0) is 30.3 Å². The van der Waals surface area contributed by atoms with Crippen molar-refractivity contribution in [2.24, 2.45) is 0 Å². The number of nitriles is 1. The van der Waals surface area contributed by atoms with Crippen LogP contribution in [0.3, 0.4) is 0 Å². The molecule has 2 rings (SSSR count). The Hall–Kier alpha value is -1.97. The van der Waals surface area contributed by atoms with E-state index < -0.39 is 17.7 Å². The highest BCUT2D eigenvalue weighted by atomic mass is 79.9. The molecule has 0 aliphatic rings. The molecule has 0 saturated carbocycles. The third-order valence-corrected chi connectivity index (χ3v) is 3.41. The third-order valence-electron chi connectivity index (χ3n) is 2.92. The summed E-state index contributed by atoms with van der Waals surface area (Å²) in [7, 11) is 0. The minimum atomic E-state index is -1.36. The lowest BCUT2D eigenvalue weighted by molar-refractivity contribution is 0.181. The maximum absolute atomic E-state index is 13.5. The van der Waals surface area contributed by atoms with Crippen LogP contribution in [-0.4, -0.2) is 11.7 Å². The molecule has 21 heavy (non-hydrogen) atoms. The predicted molar refractivity (Wildman–Crippen MR) is 78.7 cm³/mol. The van der Waals surface area contributed by atoms with Crippen molar-refractivity contribution in [3.63, 3.8) is 0 Å². The van der Waals surface area contributed by atoms with Crippen LogP contribution in [0.5, 0.6) is 0 Å². The van der Waals surface area contributed by atoms with E-state index in [9.17, 15) is 13.9 Å². The number of aliphatic hydroxyl groups is 1. The first-order chi connectivity index (χ1) is 10.0. The Balaban J connectivity index is 2.15. The van der Waals surface area contributed by atoms with Gasteiger partial charge in [0.1, 0.15) is 23.8 Å². The number of anilines is 1. The van der Waals surface area contributed by atoms with E-state index in [4.69, 9.17) is 5.26 Å². The molecule has 1 atom stereocenters. The molecule has 1 unspecified atom stereocenters. The molecule has 0 fully saturated rings. The van der Waals surface area contributed by atoms with Crippen LogP contribution >= 0.6 is 15.9 Å². The van der Waals surface area contributed by atoms with Crippen LogP contribution in [0.25, 0.3) is 0 Å². The second kappa shape index (κ2) is 6.66. The summed E-state index contributed by atoms with van der Waals surface area (Å²) in [6, 6.07) is 10.4. The lowest BCUT2D eigenvalue weighted by Crippen LogP contribution is -2.15. The minimum absolute atomic E-state index is 0.117. The Morgan fingerprint density at radius 3 is 2.52 bits per heavy atom. The topological polar surface area (TPSA) is 56.0 Å². The molecule has 2 N–H and O–H groups in total. The standard InChI is InChI=1S/C15H11BrF2N2O/c16-10-4-5-13(9(6-10)7-19)20-8-14(21)15-11(17)2-1-3-12(15)18/h1-6,14,20-21H,8H2. The number of halogens is 3. The van der Waals surface area contributed by atoms with Crippen molar-refractivity contribution in [3.05, 3.63) is 63.6 Å². The zero-order valence-electron chi connectivity index (χ0n) is 10.8. The summed E-state index contributed by atoms with van der Waals surface area (Å²) in [5, 5.41) is 21.8. The number of hydrogen-bond donors (Lipinski definition) is 2. The SMILES string of the molecule is N#Cc1cc(Br)ccc1NCC(O)c1c(F)cccc1F. The molecule has 0 spiro atoms. The minimum Gasteiger partial charge on any atom is -0.386 e. The quantitative estimate of drug-likeness (QED) is 0.880. The van der Waals surface area contributed by atoms with Gasteiger partial charge in [-0.1, -0.05) is 22.0 Å². The molecule has 3 nitrogen and oxygen atoms in total. The van der Waals surface area contributed by atoms with E-state index in [1.165, 1.54) is 6.07 Å². The van der Waals surface area contributed by atoms with E-state index in [1.54, 1.807) is 18.2 Å². The van der Waals surface area contributed by atoms with E-state index >= 15 is 0 Å². The fraction of sp³-hybridized carbons (Fsp3) is 0.133. The van der Waals surface area contributed by atoms with E-state index in [0.717, 1.165) is 16.6 Å². The highest BCUT2D eigenvalue weighted by Gasteiger charge is 2.17. The van der Waals surface area contributed by atoms with Gasteiger partial charge in [-0.25, -0.2) is 8.78 Å². The van der Waals surface area contributed by atoms with Crippen LogP contribution in [-0.2, 0) is 0 Å². The first-order valence-corrected chi connectivity index (χ1v) is 6.87. The zero-order valence-corrected chi connectivity index (χ0v) is 12.4. The van der Waals surface area contributed by atoms with Crippen LogP contribution in [0.15, 0.2) is 40.9 Å². The summed E-state index contributed by atoms with van der Waals surface area (Å²) >= 11 is 3.25. The van der Waals surface area contributed by atoms with E-state index in [-0.39, 0.29) is 12.1 Å². The Morgan fingerprint density at radius 2 is 1.90 bits per heavy atom. The van der Waals surface area contributed by atoms with Gasteiger partial charge in [-0.15, -0.1) is 0 Å². The van der Waals surface area contributed by atoms with Crippen molar-refractivity contribution >= 4 is 21.6 Å². The molecule has 6 heteroatoms. The fourth-order valence-electron chi connectivity index (χ4n) is 1.90. The van der Waals surface area contributed by atoms with Gasteiger partial charge in [0.15, 0.2) is 0 Å². The van der Waals surface area contributed by atoms with Crippen molar-refractivity contribution in [1.29, 1.82) is 5.26 Å². The molecule has 2 aromatic carbocycles. The highest BCUT2D eigenvalue weighted by molar-refractivity contribution is 9.10. The lowest BCUT2D eigenvalue weighted by atomic mass is 10.1. The third kappa shape index (κ3) is 3.57. The van der Waals surface area contributed by atoms with Crippen LogP contribution in [0.2, 0.25) is 0 Å². The van der Waals surface area contributed by atoms with Gasteiger partial charge in [0.25, 0.3) is 0 Å². The van der Waals surface area contributed by atoms with Gasteiger partial charge >= 0.3 is 0 Å². The Bertz CT molecular complexity index is 680. The predicted octanol–water partition coefficient (Wildman–Crippen LogP) is 3.74. The summed E-state index contributed by atoms with van der Waals surface area (Å²) < 4.78 is 27.8. The van der Waals surface area contributed by atoms with Crippen LogP contribution in [0, 0.1) is 23.0 Å². The maximum Gasteiger partial charge on any atom is 0.132 e. The summed E-state index contributed by atoms with van der Waals surface area (Å²) in [5.41, 5.74) is 0.461. The molecule has 2 aromatic rings. The second-order valence-corrected chi connectivity index (χ2v) is 5.25. The van der Waals surface area contributed by atoms with Gasteiger partial charge in [0.2, 0.25) is 0 Å². The molecular formula is C15H11BrF2N2O. The molecule has 0 heterocycles. The van der Waals surface area contributed by atoms with E-state index in [0.29, 0.717) is 11.3 Å². The van der Waals surface area contributed by atoms with Gasteiger partial charge in [-0.3, -0.25) is 0 Å². The average molecular weight is 353 g/mol. The summed E-state index contributed by atoms with van der Waals surface area (Å²) in [5.74, 6) is -1.61. The molecule has 0 aliphatic heterocycles. The Kier molecular flexibility index (Phi) is 4.89. The first kappa shape index (κ1) is 15.4. The lowest BCUT2D eigenvalue weighted by Gasteiger charge is -2.15. The number of hydrogen-bond acceptors (Lipinski definition) is 3. The normalized spacial score (nSPS) is 11.8. The molecule has 0 bridgehead atoms. The highest BCUT2D eigenvalue weighted by Crippen LogP contribution is 2.24. The van der Waals surface area contributed by atoms with Crippen molar-refractivity contribution in [2.75, 3.05) is 11.9 Å². The molecule has 0 saturated heterocycles. The second-order valence-electron chi connectivity index (χ2n) is 4.33. The molecular weight excluding hydrogens is 342 g/mol. The average Bonchev–Trinajstić information content (AvgIpc) is 2.45. The smallest absolute Gasteiger partial charge is 0.132 e. The van der Waals surface area contributed by atoms with Crippen LogP contribution in [0.4, 0.5) is 14.5 Å². The van der Waals surface area contributed by atoms with Gasteiger partial charge in [0, 0.05) is 11.0 Å². The largest absolute Gasteiger partial charge is 0.386 e. The number of nitrogens with zero attached hydrogens (tertiary/aromatic N) is 1. The van der Waals surface area contributed by atoms with Crippen LogP contribution < -0.4 is 5.32 Å². The first-order valence-electron chi connectivity index (χ1n) is 6.08. The van der Waals surface area contributed by atoms with Crippen molar-refractivity contribution < 1.29 is 13.9 Å². The molecule has 0 radical (unpaired) electrons. The number of rotatable bonds is 4. The Labute approximate surface area is 129 Å². The van der Waals surface area contributed by atoms with E-state index in [2.05, 4.69) is 21.2 Å². The van der Waals surface area contributed by atoms with E-state index in [1.807, 2.05) is 6.07 Å². The monoisotopic (exact) mass is 352 g/mol. The number of aliphatic hydroxyl groups excluding tert-OH is 1. The molecule has 0 amide bonds. The van der Waals surface area contributed by atoms with Crippen LogP contribution in [0.1, 0.15) is 17.2 Å². The molecule has 0 aromatic heterocycles. The molecule has 108 valence electrons. The molecule has 0 aliphatic carbocycles. The number of nitrogens with one attached hydrogen (secondary N) is 1. The number of benzene rings is 2. The summed E-state index contributed by atoms with van der Waals surface area (Å²) in [6.45, 7) is -0.117. The Morgan fingerprint density at radius 1 is 1.24 bits per heavy atom. The van der Waals surface area contributed by atoms with Gasteiger partial charge < -0.3 is 10.4 Å². The summed E-state index contributed by atoms with van der Waals surface area (Å²) in [6.07, 6.45) is -1.36.